The summed E-state index contributed by atoms with van der Waals surface area (Å²) in [5.74, 6) is 0.725. The number of aromatic nitrogens is 1. The molecule has 1 saturated heterocycles. The average molecular weight is 388 g/mol. The van der Waals surface area contributed by atoms with Crippen molar-refractivity contribution >= 4 is 0 Å². The minimum atomic E-state index is 0.725. The van der Waals surface area contributed by atoms with Crippen molar-refractivity contribution in [2.45, 2.75) is 38.4 Å². The molecule has 3 heteroatoms. The third kappa shape index (κ3) is 5.17. The van der Waals surface area contributed by atoms with E-state index < -0.39 is 0 Å². The second-order valence-corrected chi connectivity index (χ2v) is 8.49. The van der Waals surface area contributed by atoms with E-state index in [0.717, 1.165) is 25.6 Å². The summed E-state index contributed by atoms with van der Waals surface area (Å²) >= 11 is 0. The molecule has 29 heavy (non-hydrogen) atoms. The molecule has 1 aliphatic rings. The Morgan fingerprint density at radius 2 is 1.41 bits per heavy atom. The number of piperidine rings is 1. The Balaban J connectivity index is 1.30. The Morgan fingerprint density at radius 1 is 0.793 bits per heavy atom. The summed E-state index contributed by atoms with van der Waals surface area (Å²) in [6.07, 6.45) is 2.53. The molecule has 1 fully saturated rings. The maximum atomic E-state index is 2.62. The van der Waals surface area contributed by atoms with Crippen molar-refractivity contribution in [3.05, 3.63) is 95.3 Å². The molecule has 0 bridgehead atoms. The standard InChI is InChI=1S/C26H33N3/c1-27(19-22-9-5-3-6-10-22)20-25-13-14-26(28(25)2)21-29-17-15-24(16-18-29)23-11-7-4-8-12-23/h3-14,24H,15-21H2,1-2H3. The van der Waals surface area contributed by atoms with Gasteiger partial charge in [0.15, 0.2) is 0 Å². The molecule has 3 nitrogen and oxygen atoms in total. The predicted molar refractivity (Wildman–Crippen MR) is 121 cm³/mol. The molecule has 0 saturated carbocycles. The van der Waals surface area contributed by atoms with E-state index in [1.54, 1.807) is 0 Å². The van der Waals surface area contributed by atoms with Crippen molar-refractivity contribution in [2.24, 2.45) is 7.05 Å². The highest BCUT2D eigenvalue weighted by atomic mass is 15.2. The van der Waals surface area contributed by atoms with E-state index in [9.17, 15) is 0 Å². The zero-order chi connectivity index (χ0) is 20.1. The lowest BCUT2D eigenvalue weighted by molar-refractivity contribution is 0.200. The Labute approximate surface area is 175 Å². The molecule has 2 heterocycles. The Morgan fingerprint density at radius 3 is 2.10 bits per heavy atom. The predicted octanol–water partition coefficient (Wildman–Crippen LogP) is 5.04. The Kier molecular flexibility index (Phi) is 6.48. The van der Waals surface area contributed by atoms with Gasteiger partial charge in [-0.05, 0) is 62.2 Å². The van der Waals surface area contributed by atoms with Crippen molar-refractivity contribution in [1.29, 1.82) is 0 Å². The summed E-state index contributed by atoms with van der Waals surface area (Å²) in [6, 6.07) is 26.4. The quantitative estimate of drug-likeness (QED) is 0.563. The lowest BCUT2D eigenvalue weighted by atomic mass is 9.89. The van der Waals surface area contributed by atoms with E-state index in [4.69, 9.17) is 0 Å². The summed E-state index contributed by atoms with van der Waals surface area (Å²) < 4.78 is 2.39. The van der Waals surface area contributed by atoms with Crippen LogP contribution < -0.4 is 0 Å². The summed E-state index contributed by atoms with van der Waals surface area (Å²) in [5, 5.41) is 0. The molecule has 1 aromatic heterocycles. The van der Waals surface area contributed by atoms with Gasteiger partial charge < -0.3 is 4.57 Å². The first-order chi connectivity index (χ1) is 14.2. The van der Waals surface area contributed by atoms with Gasteiger partial charge in [0.25, 0.3) is 0 Å². The van der Waals surface area contributed by atoms with Gasteiger partial charge in [-0.15, -0.1) is 0 Å². The molecule has 0 N–H and O–H groups in total. The lowest BCUT2D eigenvalue weighted by Gasteiger charge is -2.32. The first kappa shape index (κ1) is 19.9. The second-order valence-electron chi connectivity index (χ2n) is 8.49. The molecule has 0 aliphatic carbocycles. The van der Waals surface area contributed by atoms with Gasteiger partial charge in [0.2, 0.25) is 0 Å². The zero-order valence-electron chi connectivity index (χ0n) is 17.8. The van der Waals surface area contributed by atoms with Crippen LogP contribution in [0.3, 0.4) is 0 Å². The summed E-state index contributed by atoms with van der Waals surface area (Å²) in [6.45, 7) is 5.39. The fourth-order valence-electron chi connectivity index (χ4n) is 4.52. The monoisotopic (exact) mass is 387 g/mol. The first-order valence-electron chi connectivity index (χ1n) is 10.8. The smallest absolute Gasteiger partial charge is 0.0387 e. The third-order valence-electron chi connectivity index (χ3n) is 6.30. The minimum Gasteiger partial charge on any atom is -0.349 e. The fourth-order valence-corrected chi connectivity index (χ4v) is 4.52. The molecule has 152 valence electrons. The number of hydrogen-bond donors (Lipinski definition) is 0. The van der Waals surface area contributed by atoms with Crippen molar-refractivity contribution in [2.75, 3.05) is 20.1 Å². The molecule has 0 spiro atoms. The van der Waals surface area contributed by atoms with E-state index in [1.165, 1.54) is 48.4 Å². The highest BCUT2D eigenvalue weighted by molar-refractivity contribution is 5.21. The van der Waals surface area contributed by atoms with Crippen molar-refractivity contribution < 1.29 is 0 Å². The van der Waals surface area contributed by atoms with Crippen LogP contribution in [0.25, 0.3) is 0 Å². The van der Waals surface area contributed by atoms with Crippen molar-refractivity contribution in [3.8, 4) is 0 Å². The van der Waals surface area contributed by atoms with Gasteiger partial charge >= 0.3 is 0 Å². The molecular weight excluding hydrogens is 354 g/mol. The van der Waals surface area contributed by atoms with Crippen LogP contribution in [0.5, 0.6) is 0 Å². The summed E-state index contributed by atoms with van der Waals surface area (Å²) in [4.78, 5) is 5.01. The zero-order valence-corrected chi connectivity index (χ0v) is 17.8. The van der Waals surface area contributed by atoms with E-state index >= 15 is 0 Å². The number of rotatable bonds is 7. The van der Waals surface area contributed by atoms with Gasteiger partial charge in [-0.3, -0.25) is 9.80 Å². The first-order valence-corrected chi connectivity index (χ1v) is 10.8. The minimum absolute atomic E-state index is 0.725. The number of hydrogen-bond acceptors (Lipinski definition) is 2. The van der Waals surface area contributed by atoms with Gasteiger partial charge in [-0.2, -0.15) is 0 Å². The van der Waals surface area contributed by atoms with Gasteiger partial charge in [-0.1, -0.05) is 60.7 Å². The van der Waals surface area contributed by atoms with Crippen LogP contribution in [0.1, 0.15) is 41.3 Å². The normalized spacial score (nSPS) is 15.8. The summed E-state index contributed by atoms with van der Waals surface area (Å²) in [7, 11) is 4.42. The molecule has 0 amide bonds. The number of benzene rings is 2. The van der Waals surface area contributed by atoms with Crippen molar-refractivity contribution in [3.63, 3.8) is 0 Å². The topological polar surface area (TPSA) is 11.4 Å². The lowest BCUT2D eigenvalue weighted by Crippen LogP contribution is -2.33. The van der Waals surface area contributed by atoms with Gasteiger partial charge in [0.05, 0.1) is 0 Å². The van der Waals surface area contributed by atoms with Crippen LogP contribution in [-0.4, -0.2) is 34.5 Å². The maximum Gasteiger partial charge on any atom is 0.0387 e. The molecule has 0 unspecified atom stereocenters. The highest BCUT2D eigenvalue weighted by Crippen LogP contribution is 2.28. The van der Waals surface area contributed by atoms with E-state index in [2.05, 4.69) is 101 Å². The molecule has 3 aromatic rings. The molecule has 4 rings (SSSR count). The van der Waals surface area contributed by atoms with E-state index in [-0.39, 0.29) is 0 Å². The van der Waals surface area contributed by atoms with Crippen LogP contribution in [0.2, 0.25) is 0 Å². The van der Waals surface area contributed by atoms with Gasteiger partial charge in [-0.25, -0.2) is 0 Å². The molecule has 0 radical (unpaired) electrons. The SMILES string of the molecule is CN(Cc1ccccc1)Cc1ccc(CN2CCC(c3ccccc3)CC2)n1C. The molecule has 0 atom stereocenters. The third-order valence-corrected chi connectivity index (χ3v) is 6.30. The Bertz CT molecular complexity index is 877. The van der Waals surface area contributed by atoms with Crippen LogP contribution in [0, 0.1) is 0 Å². The van der Waals surface area contributed by atoms with Crippen LogP contribution in [0.4, 0.5) is 0 Å². The highest BCUT2D eigenvalue weighted by Gasteiger charge is 2.21. The fraction of sp³-hybridized carbons (Fsp3) is 0.385. The van der Waals surface area contributed by atoms with Gasteiger partial charge in [0, 0.05) is 38.1 Å². The molecule has 1 aliphatic heterocycles. The number of nitrogens with zero attached hydrogens (tertiary/aromatic N) is 3. The van der Waals surface area contributed by atoms with E-state index in [1.807, 2.05) is 0 Å². The van der Waals surface area contributed by atoms with E-state index in [0.29, 0.717) is 0 Å². The van der Waals surface area contributed by atoms with Crippen molar-refractivity contribution in [1.82, 2.24) is 14.4 Å². The largest absolute Gasteiger partial charge is 0.349 e. The average Bonchev–Trinajstić information content (AvgIpc) is 3.09. The van der Waals surface area contributed by atoms with Crippen LogP contribution in [-0.2, 0) is 26.7 Å². The maximum absolute atomic E-state index is 2.62. The summed E-state index contributed by atoms with van der Waals surface area (Å²) in [5.41, 5.74) is 5.68. The second kappa shape index (κ2) is 9.43. The molecule has 2 aromatic carbocycles. The molecular formula is C26H33N3. The Hall–Kier alpha value is -2.36. The van der Waals surface area contributed by atoms with Crippen LogP contribution in [0.15, 0.2) is 72.8 Å². The van der Waals surface area contributed by atoms with Crippen LogP contribution >= 0.6 is 0 Å². The number of likely N-dealkylation sites (tertiary alicyclic amines) is 1. The van der Waals surface area contributed by atoms with Gasteiger partial charge in [0.1, 0.15) is 0 Å².